The van der Waals surface area contributed by atoms with E-state index in [9.17, 15) is 18.0 Å². The summed E-state index contributed by atoms with van der Waals surface area (Å²) in [5.74, 6) is -0.430. The Bertz CT molecular complexity index is 1640. The highest BCUT2D eigenvalue weighted by molar-refractivity contribution is 7.92. The number of rotatable bonds is 12. The van der Waals surface area contributed by atoms with Crippen molar-refractivity contribution in [2.24, 2.45) is 0 Å². The molecule has 0 radical (unpaired) electrons. The lowest BCUT2D eigenvalue weighted by atomic mass is 10.0. The van der Waals surface area contributed by atoms with Crippen LogP contribution in [0.3, 0.4) is 0 Å². The Morgan fingerprint density at radius 1 is 0.814 bits per heavy atom. The number of sulfonamides is 1. The standard InChI is InChI=1S/C34H37N3O5S/c1-25-13-17-28(18-14-25)23-36(32(34(39)35-3)21-27-9-6-5-7-10-27)33(38)24-37(29-11-8-12-30(22-29)42-4)43(40,41)31-19-15-26(2)16-20-31/h5-20,22,32H,21,23-24H2,1-4H3,(H,35,39)/t32-/m0/s1. The van der Waals surface area contributed by atoms with Crippen LogP contribution < -0.4 is 14.4 Å². The van der Waals surface area contributed by atoms with Crippen LogP contribution in [0.1, 0.15) is 22.3 Å². The molecule has 0 spiro atoms. The first kappa shape index (κ1) is 31.3. The smallest absolute Gasteiger partial charge is 0.264 e. The van der Waals surface area contributed by atoms with Gasteiger partial charge in [0.2, 0.25) is 11.8 Å². The van der Waals surface area contributed by atoms with E-state index in [-0.39, 0.29) is 29.5 Å². The Morgan fingerprint density at radius 2 is 1.44 bits per heavy atom. The summed E-state index contributed by atoms with van der Waals surface area (Å²) in [6, 6.07) is 29.3. The molecule has 8 nitrogen and oxygen atoms in total. The number of ether oxygens (including phenoxy) is 1. The quantitative estimate of drug-likeness (QED) is 0.250. The van der Waals surface area contributed by atoms with Crippen molar-refractivity contribution in [3.05, 3.63) is 125 Å². The topological polar surface area (TPSA) is 96.0 Å². The molecule has 4 aromatic rings. The first-order valence-corrected chi connectivity index (χ1v) is 15.4. The second kappa shape index (κ2) is 14.0. The molecule has 9 heteroatoms. The zero-order valence-electron chi connectivity index (χ0n) is 24.9. The van der Waals surface area contributed by atoms with Crippen LogP contribution in [0.4, 0.5) is 5.69 Å². The number of nitrogens with zero attached hydrogens (tertiary/aromatic N) is 2. The van der Waals surface area contributed by atoms with Crippen molar-refractivity contribution in [1.82, 2.24) is 10.2 Å². The van der Waals surface area contributed by atoms with Gasteiger partial charge in [0.25, 0.3) is 10.0 Å². The third-order valence-electron chi connectivity index (χ3n) is 7.22. The van der Waals surface area contributed by atoms with Crippen molar-refractivity contribution in [3.8, 4) is 5.75 Å². The summed E-state index contributed by atoms with van der Waals surface area (Å²) < 4.78 is 34.6. The summed E-state index contributed by atoms with van der Waals surface area (Å²) >= 11 is 0. The number of hydrogen-bond donors (Lipinski definition) is 1. The van der Waals surface area contributed by atoms with Crippen LogP contribution in [0.15, 0.2) is 108 Å². The number of benzene rings is 4. The molecule has 0 aliphatic rings. The lowest BCUT2D eigenvalue weighted by Crippen LogP contribution is -2.53. The van der Waals surface area contributed by atoms with Crippen molar-refractivity contribution < 1.29 is 22.7 Å². The predicted molar refractivity (Wildman–Crippen MR) is 168 cm³/mol. The molecule has 0 heterocycles. The molecule has 0 bridgehead atoms. The van der Waals surface area contributed by atoms with E-state index >= 15 is 0 Å². The number of methoxy groups -OCH3 is 1. The van der Waals surface area contributed by atoms with Gasteiger partial charge in [0.15, 0.2) is 0 Å². The van der Waals surface area contributed by atoms with E-state index in [1.54, 1.807) is 36.4 Å². The molecule has 0 saturated heterocycles. The minimum atomic E-state index is -4.18. The maximum absolute atomic E-state index is 14.3. The fourth-order valence-electron chi connectivity index (χ4n) is 4.74. The maximum Gasteiger partial charge on any atom is 0.264 e. The second-order valence-corrected chi connectivity index (χ2v) is 12.2. The van der Waals surface area contributed by atoms with Gasteiger partial charge in [-0.05, 0) is 49.2 Å². The molecule has 224 valence electrons. The molecule has 0 aromatic heterocycles. The molecule has 0 aliphatic heterocycles. The van der Waals surface area contributed by atoms with Gasteiger partial charge in [-0.3, -0.25) is 13.9 Å². The van der Waals surface area contributed by atoms with Crippen molar-refractivity contribution in [2.45, 2.75) is 37.8 Å². The lowest BCUT2D eigenvalue weighted by molar-refractivity contribution is -0.139. The highest BCUT2D eigenvalue weighted by Gasteiger charge is 2.34. The molecule has 1 N–H and O–H groups in total. The van der Waals surface area contributed by atoms with Crippen LogP contribution in [0.5, 0.6) is 5.75 Å². The number of hydrogen-bond acceptors (Lipinski definition) is 5. The summed E-state index contributed by atoms with van der Waals surface area (Å²) in [6.45, 7) is 3.42. The normalized spacial score (nSPS) is 11.8. The highest BCUT2D eigenvalue weighted by Crippen LogP contribution is 2.28. The zero-order valence-corrected chi connectivity index (χ0v) is 25.7. The minimum Gasteiger partial charge on any atom is -0.497 e. The first-order chi connectivity index (χ1) is 20.6. The third kappa shape index (κ3) is 7.81. The van der Waals surface area contributed by atoms with Gasteiger partial charge < -0.3 is 15.0 Å². The summed E-state index contributed by atoms with van der Waals surface area (Å²) in [5.41, 5.74) is 3.91. The van der Waals surface area contributed by atoms with Crippen molar-refractivity contribution in [2.75, 3.05) is 25.0 Å². The summed E-state index contributed by atoms with van der Waals surface area (Å²) in [6.07, 6.45) is 0.252. The van der Waals surface area contributed by atoms with Gasteiger partial charge in [-0.25, -0.2) is 8.42 Å². The Kier molecular flexibility index (Phi) is 10.2. The Hall–Kier alpha value is -4.63. The first-order valence-electron chi connectivity index (χ1n) is 14.0. The summed E-state index contributed by atoms with van der Waals surface area (Å²) in [7, 11) is -1.17. The van der Waals surface area contributed by atoms with Gasteiger partial charge in [0.1, 0.15) is 18.3 Å². The Morgan fingerprint density at radius 3 is 2.05 bits per heavy atom. The van der Waals surface area contributed by atoms with E-state index in [0.29, 0.717) is 5.75 Å². The SMILES string of the molecule is CNC(=O)[C@H](Cc1ccccc1)N(Cc1ccc(C)cc1)C(=O)CN(c1cccc(OC)c1)S(=O)(=O)c1ccc(C)cc1. The molecule has 4 aromatic carbocycles. The molecule has 43 heavy (non-hydrogen) atoms. The maximum atomic E-state index is 14.3. The van der Waals surface area contributed by atoms with Gasteiger partial charge in [-0.2, -0.15) is 0 Å². The predicted octanol–water partition coefficient (Wildman–Crippen LogP) is 4.89. The number of likely N-dealkylation sites (N-methyl/N-ethyl adjacent to an activating group) is 1. The van der Waals surface area contributed by atoms with Gasteiger partial charge in [0.05, 0.1) is 17.7 Å². The van der Waals surface area contributed by atoms with Crippen LogP contribution in [0.2, 0.25) is 0 Å². The molecular formula is C34H37N3O5S. The molecule has 0 unspecified atom stereocenters. The van der Waals surface area contributed by atoms with Gasteiger partial charge in [-0.1, -0.05) is 83.9 Å². The zero-order chi connectivity index (χ0) is 31.0. The number of aryl methyl sites for hydroxylation is 2. The van der Waals surface area contributed by atoms with Crippen molar-refractivity contribution in [1.29, 1.82) is 0 Å². The molecule has 4 rings (SSSR count). The molecule has 0 saturated carbocycles. The number of amides is 2. The second-order valence-electron chi connectivity index (χ2n) is 10.4. The van der Waals surface area contributed by atoms with E-state index in [4.69, 9.17) is 4.74 Å². The lowest BCUT2D eigenvalue weighted by Gasteiger charge is -2.33. The van der Waals surface area contributed by atoms with E-state index in [0.717, 1.165) is 26.6 Å². The fourth-order valence-corrected chi connectivity index (χ4v) is 6.15. The van der Waals surface area contributed by atoms with E-state index in [1.165, 1.54) is 31.2 Å². The van der Waals surface area contributed by atoms with E-state index in [2.05, 4.69) is 5.32 Å². The van der Waals surface area contributed by atoms with Crippen molar-refractivity contribution in [3.63, 3.8) is 0 Å². The Balaban J connectivity index is 1.79. The van der Waals surface area contributed by atoms with Crippen LogP contribution in [0, 0.1) is 13.8 Å². The summed E-state index contributed by atoms with van der Waals surface area (Å²) in [5, 5.41) is 2.70. The molecular weight excluding hydrogens is 562 g/mol. The van der Waals surface area contributed by atoms with Crippen molar-refractivity contribution >= 4 is 27.5 Å². The fraction of sp³-hybridized carbons (Fsp3) is 0.235. The average molecular weight is 600 g/mol. The van der Waals surface area contributed by atoms with Gasteiger partial charge in [-0.15, -0.1) is 0 Å². The number of nitrogens with one attached hydrogen (secondary N) is 1. The van der Waals surface area contributed by atoms with Crippen LogP contribution in [-0.4, -0.2) is 51.9 Å². The molecule has 0 aliphatic carbocycles. The van der Waals surface area contributed by atoms with Gasteiger partial charge in [0, 0.05) is 26.1 Å². The molecule has 2 amide bonds. The largest absolute Gasteiger partial charge is 0.497 e. The third-order valence-corrected chi connectivity index (χ3v) is 9.01. The van der Waals surface area contributed by atoms with Crippen LogP contribution in [-0.2, 0) is 32.6 Å². The van der Waals surface area contributed by atoms with E-state index in [1.807, 2.05) is 68.4 Å². The Labute approximate surface area is 254 Å². The minimum absolute atomic E-state index is 0.0472. The van der Waals surface area contributed by atoms with E-state index < -0.39 is 28.5 Å². The number of carbonyl (C=O) groups excluding carboxylic acids is 2. The molecule has 1 atom stereocenters. The average Bonchev–Trinajstić information content (AvgIpc) is 3.02. The summed E-state index contributed by atoms with van der Waals surface area (Å²) in [4.78, 5) is 29.2. The molecule has 0 fully saturated rings. The number of carbonyl (C=O) groups is 2. The van der Waals surface area contributed by atoms with Crippen LogP contribution >= 0.6 is 0 Å². The highest BCUT2D eigenvalue weighted by atomic mass is 32.2. The number of anilines is 1. The van der Waals surface area contributed by atoms with Gasteiger partial charge >= 0.3 is 0 Å². The monoisotopic (exact) mass is 599 g/mol. The van der Waals surface area contributed by atoms with Crippen LogP contribution in [0.25, 0.3) is 0 Å².